The molecule has 0 bridgehead atoms. The lowest BCUT2D eigenvalue weighted by atomic mass is 10.1. The van der Waals surface area contributed by atoms with Crippen LogP contribution in [-0.4, -0.2) is 15.3 Å². The number of aryl methyl sites for hydroxylation is 3. The number of pyridine rings is 1. The molecule has 5 heteroatoms. The minimum Gasteiger partial charge on any atom is -0.321 e. The van der Waals surface area contributed by atoms with E-state index in [1.807, 2.05) is 39.0 Å². The molecule has 118 valence electrons. The first-order valence-electron chi connectivity index (χ1n) is 7.54. The number of imidazole rings is 1. The summed E-state index contributed by atoms with van der Waals surface area (Å²) in [5, 5.41) is 3.54. The highest BCUT2D eigenvalue weighted by molar-refractivity contribution is 6.30. The number of benzene rings is 1. The number of hydrogen-bond acceptors (Lipinski definition) is 2. The summed E-state index contributed by atoms with van der Waals surface area (Å²) in [5.74, 6) is -0.179. The summed E-state index contributed by atoms with van der Waals surface area (Å²) in [7, 11) is 0. The fraction of sp³-hybridized carbons (Fsp3) is 0.222. The van der Waals surface area contributed by atoms with Crippen molar-refractivity contribution in [3.05, 3.63) is 64.1 Å². The topological polar surface area (TPSA) is 46.4 Å². The van der Waals surface area contributed by atoms with Crippen molar-refractivity contribution in [3.63, 3.8) is 0 Å². The molecule has 23 heavy (non-hydrogen) atoms. The van der Waals surface area contributed by atoms with Crippen molar-refractivity contribution in [3.8, 4) is 0 Å². The summed E-state index contributed by atoms with van der Waals surface area (Å²) in [6.07, 6.45) is 2.40. The first-order chi connectivity index (χ1) is 11.0. The van der Waals surface area contributed by atoms with Gasteiger partial charge in [0.2, 0.25) is 0 Å². The molecular weight excluding hydrogens is 310 g/mol. The van der Waals surface area contributed by atoms with Crippen molar-refractivity contribution in [1.82, 2.24) is 9.38 Å². The Balaban J connectivity index is 2.04. The maximum atomic E-state index is 12.8. The molecule has 0 aliphatic carbocycles. The second-order valence-electron chi connectivity index (χ2n) is 5.67. The third kappa shape index (κ3) is 3.08. The van der Waals surface area contributed by atoms with Gasteiger partial charge in [-0.25, -0.2) is 4.98 Å². The Morgan fingerprint density at radius 2 is 1.91 bits per heavy atom. The van der Waals surface area contributed by atoms with Gasteiger partial charge in [0.25, 0.3) is 5.91 Å². The summed E-state index contributed by atoms with van der Waals surface area (Å²) in [6.45, 7) is 6.00. The second-order valence-corrected chi connectivity index (χ2v) is 6.10. The molecule has 0 aliphatic heterocycles. The van der Waals surface area contributed by atoms with Gasteiger partial charge in [0.05, 0.1) is 10.7 Å². The number of aromatic nitrogens is 2. The number of nitrogens with zero attached hydrogens (tertiary/aromatic N) is 2. The number of carbonyl (C=O) groups excluding carboxylic acids is 1. The Bertz CT molecular complexity index is 878. The third-order valence-corrected chi connectivity index (χ3v) is 3.91. The van der Waals surface area contributed by atoms with E-state index in [1.54, 1.807) is 16.7 Å². The van der Waals surface area contributed by atoms with Gasteiger partial charge in [0.15, 0.2) is 0 Å². The van der Waals surface area contributed by atoms with Crippen molar-refractivity contribution in [2.24, 2.45) is 0 Å². The van der Waals surface area contributed by atoms with Gasteiger partial charge in [-0.1, -0.05) is 24.6 Å². The van der Waals surface area contributed by atoms with E-state index in [-0.39, 0.29) is 5.91 Å². The van der Waals surface area contributed by atoms with Crippen LogP contribution in [0.3, 0.4) is 0 Å². The van der Waals surface area contributed by atoms with E-state index in [4.69, 9.17) is 11.6 Å². The monoisotopic (exact) mass is 327 g/mol. The van der Waals surface area contributed by atoms with Crippen LogP contribution < -0.4 is 5.32 Å². The molecular formula is C18H18ClN3O. The van der Waals surface area contributed by atoms with Gasteiger partial charge >= 0.3 is 0 Å². The van der Waals surface area contributed by atoms with Crippen molar-refractivity contribution in [1.29, 1.82) is 0 Å². The molecule has 2 heterocycles. The second kappa shape index (κ2) is 6.05. The number of amides is 1. The van der Waals surface area contributed by atoms with Crippen LogP contribution in [-0.2, 0) is 6.42 Å². The molecule has 1 amide bonds. The first-order valence-corrected chi connectivity index (χ1v) is 7.92. The van der Waals surface area contributed by atoms with Gasteiger partial charge in [0, 0.05) is 11.9 Å². The maximum Gasteiger partial charge on any atom is 0.274 e. The van der Waals surface area contributed by atoms with Gasteiger partial charge in [-0.15, -0.1) is 0 Å². The van der Waals surface area contributed by atoms with Crippen LogP contribution in [0.2, 0.25) is 5.02 Å². The van der Waals surface area contributed by atoms with Crippen LogP contribution in [0.4, 0.5) is 5.69 Å². The zero-order chi connectivity index (χ0) is 16.6. The minimum atomic E-state index is -0.179. The summed E-state index contributed by atoms with van der Waals surface area (Å²) < 4.78 is 1.75. The lowest BCUT2D eigenvalue weighted by Crippen LogP contribution is -2.16. The highest BCUT2D eigenvalue weighted by atomic mass is 35.5. The molecule has 0 fully saturated rings. The van der Waals surface area contributed by atoms with Crippen LogP contribution in [0.15, 0.2) is 36.5 Å². The third-order valence-electron chi connectivity index (χ3n) is 3.68. The molecule has 0 radical (unpaired) electrons. The number of rotatable bonds is 3. The lowest BCUT2D eigenvalue weighted by Gasteiger charge is -2.09. The van der Waals surface area contributed by atoms with Crippen LogP contribution in [0.5, 0.6) is 0 Å². The number of carbonyl (C=O) groups is 1. The van der Waals surface area contributed by atoms with E-state index in [0.29, 0.717) is 17.1 Å². The highest BCUT2D eigenvalue weighted by Gasteiger charge is 2.18. The molecule has 0 aliphatic rings. The molecule has 0 saturated heterocycles. The van der Waals surface area contributed by atoms with Crippen molar-refractivity contribution in [2.75, 3.05) is 5.32 Å². The number of hydrogen-bond donors (Lipinski definition) is 1. The summed E-state index contributed by atoms with van der Waals surface area (Å²) in [6, 6.07) is 9.56. The van der Waals surface area contributed by atoms with Gasteiger partial charge in [-0.05, 0) is 55.7 Å². The van der Waals surface area contributed by atoms with Gasteiger partial charge in [-0.2, -0.15) is 0 Å². The summed E-state index contributed by atoms with van der Waals surface area (Å²) >= 11 is 6.07. The average Bonchev–Trinajstić information content (AvgIpc) is 2.83. The average molecular weight is 328 g/mol. The quantitative estimate of drug-likeness (QED) is 0.774. The molecule has 0 unspecified atom stereocenters. The SMILES string of the molecule is CCc1nc2ccc(Cl)cn2c1C(=O)Nc1cc(C)cc(C)c1. The van der Waals surface area contributed by atoms with E-state index in [2.05, 4.69) is 16.4 Å². The Kier molecular flexibility index (Phi) is 4.09. The zero-order valence-corrected chi connectivity index (χ0v) is 14.1. The normalized spacial score (nSPS) is 11.0. The van der Waals surface area contributed by atoms with Crippen LogP contribution >= 0.6 is 11.6 Å². The molecule has 2 aromatic heterocycles. The van der Waals surface area contributed by atoms with E-state index in [1.165, 1.54) is 0 Å². The van der Waals surface area contributed by atoms with Crippen LogP contribution in [0, 0.1) is 13.8 Å². The molecule has 0 spiro atoms. The molecule has 3 aromatic rings. The van der Waals surface area contributed by atoms with Crippen molar-refractivity contribution < 1.29 is 4.79 Å². The van der Waals surface area contributed by atoms with Gasteiger partial charge < -0.3 is 5.32 Å². The largest absolute Gasteiger partial charge is 0.321 e. The predicted octanol–water partition coefficient (Wildman–Crippen LogP) is 4.42. The van der Waals surface area contributed by atoms with E-state index in [9.17, 15) is 4.79 Å². The molecule has 0 saturated carbocycles. The Labute approximate surface area is 140 Å². The Morgan fingerprint density at radius 3 is 2.57 bits per heavy atom. The predicted molar refractivity (Wildman–Crippen MR) is 93.4 cm³/mol. The molecule has 0 atom stereocenters. The molecule has 3 rings (SSSR count). The first kappa shape index (κ1) is 15.6. The standard InChI is InChI=1S/C18H18ClN3O/c1-4-15-17(22-10-13(19)5-6-16(22)21-15)18(23)20-14-8-11(2)7-12(3)9-14/h5-10H,4H2,1-3H3,(H,20,23). The number of halogens is 1. The smallest absolute Gasteiger partial charge is 0.274 e. The highest BCUT2D eigenvalue weighted by Crippen LogP contribution is 2.20. The van der Waals surface area contributed by atoms with Crippen LogP contribution in [0.1, 0.15) is 34.2 Å². The summed E-state index contributed by atoms with van der Waals surface area (Å²) in [5.41, 5.74) is 5.01. The fourth-order valence-corrected chi connectivity index (χ4v) is 2.95. The van der Waals surface area contributed by atoms with Gasteiger partial charge in [0.1, 0.15) is 11.3 Å². The fourth-order valence-electron chi connectivity index (χ4n) is 2.79. The molecule has 1 aromatic carbocycles. The van der Waals surface area contributed by atoms with Crippen molar-refractivity contribution in [2.45, 2.75) is 27.2 Å². The van der Waals surface area contributed by atoms with E-state index >= 15 is 0 Å². The summed E-state index contributed by atoms with van der Waals surface area (Å²) in [4.78, 5) is 17.3. The van der Waals surface area contributed by atoms with E-state index in [0.717, 1.165) is 28.2 Å². The van der Waals surface area contributed by atoms with Crippen molar-refractivity contribution >= 4 is 28.8 Å². The molecule has 4 nitrogen and oxygen atoms in total. The maximum absolute atomic E-state index is 12.8. The number of fused-ring (bicyclic) bond motifs is 1. The van der Waals surface area contributed by atoms with E-state index < -0.39 is 0 Å². The number of anilines is 1. The van der Waals surface area contributed by atoms with Crippen LogP contribution in [0.25, 0.3) is 5.65 Å². The lowest BCUT2D eigenvalue weighted by molar-refractivity contribution is 0.102. The zero-order valence-electron chi connectivity index (χ0n) is 13.4. The van der Waals surface area contributed by atoms with Gasteiger partial charge in [-0.3, -0.25) is 9.20 Å². The molecule has 1 N–H and O–H groups in total. The number of nitrogens with one attached hydrogen (secondary N) is 1. The Hall–Kier alpha value is -2.33. The Morgan fingerprint density at radius 1 is 1.22 bits per heavy atom. The minimum absolute atomic E-state index is 0.179.